The Labute approximate surface area is 78.6 Å². The van der Waals surface area contributed by atoms with Gasteiger partial charge in [0.1, 0.15) is 0 Å². The molecule has 0 saturated heterocycles. The second-order valence-electron chi connectivity index (χ2n) is 3.92. The average molecular weight is 168 g/mol. The molecule has 1 atom stereocenters. The van der Waals surface area contributed by atoms with Crippen LogP contribution in [-0.4, -0.2) is 0 Å². The summed E-state index contributed by atoms with van der Waals surface area (Å²) in [4.78, 5) is 0. The maximum absolute atomic E-state index is 2.31. The maximum Gasteiger partial charge on any atom is 0.00678 e. The Kier molecular flexibility index (Phi) is 1.29. The van der Waals surface area contributed by atoms with Gasteiger partial charge in [-0.05, 0) is 35.6 Å². The van der Waals surface area contributed by atoms with Crippen molar-refractivity contribution in [2.75, 3.05) is 0 Å². The lowest BCUT2D eigenvalue weighted by Gasteiger charge is -2.02. The monoisotopic (exact) mass is 168 g/mol. The number of hydrogen-bond acceptors (Lipinski definition) is 0. The highest BCUT2D eigenvalue weighted by Gasteiger charge is 2.27. The predicted octanol–water partition coefficient (Wildman–Crippen LogP) is 3.12. The van der Waals surface area contributed by atoms with Crippen LogP contribution in [0, 0.1) is 12.8 Å². The van der Waals surface area contributed by atoms with Crippen LogP contribution in [-0.2, 0) is 6.42 Å². The normalized spacial score (nSPS) is 22.8. The van der Waals surface area contributed by atoms with E-state index in [1.807, 2.05) is 0 Å². The molecule has 2 aliphatic carbocycles. The molecule has 1 aromatic rings. The van der Waals surface area contributed by atoms with Crippen molar-refractivity contribution in [2.24, 2.45) is 5.92 Å². The highest BCUT2D eigenvalue weighted by molar-refractivity contribution is 5.79. The SMILES string of the molecule is Cc1cccc2c1CC1C=CC=C21. The van der Waals surface area contributed by atoms with E-state index in [4.69, 9.17) is 0 Å². The van der Waals surface area contributed by atoms with E-state index in [1.165, 1.54) is 23.1 Å². The highest BCUT2D eigenvalue weighted by Crippen LogP contribution is 2.41. The van der Waals surface area contributed by atoms with Crippen LogP contribution in [0.2, 0.25) is 0 Å². The van der Waals surface area contributed by atoms with Crippen LogP contribution in [0.15, 0.2) is 36.4 Å². The fraction of sp³-hybridized carbons (Fsp3) is 0.231. The van der Waals surface area contributed by atoms with Crippen LogP contribution in [0.1, 0.15) is 16.7 Å². The number of rotatable bonds is 0. The Morgan fingerprint density at radius 3 is 3.15 bits per heavy atom. The summed E-state index contributed by atoms with van der Waals surface area (Å²) in [7, 11) is 0. The first-order chi connectivity index (χ1) is 6.36. The van der Waals surface area contributed by atoms with E-state index in [0.717, 1.165) is 0 Å². The van der Waals surface area contributed by atoms with Gasteiger partial charge in [-0.3, -0.25) is 0 Å². The van der Waals surface area contributed by atoms with Gasteiger partial charge in [-0.25, -0.2) is 0 Å². The minimum Gasteiger partial charge on any atom is -0.0766 e. The van der Waals surface area contributed by atoms with Crippen molar-refractivity contribution < 1.29 is 0 Å². The molecular formula is C13H12. The van der Waals surface area contributed by atoms with Crippen molar-refractivity contribution in [1.29, 1.82) is 0 Å². The van der Waals surface area contributed by atoms with E-state index in [0.29, 0.717) is 5.92 Å². The Morgan fingerprint density at radius 1 is 1.31 bits per heavy atom. The van der Waals surface area contributed by atoms with Gasteiger partial charge in [0.05, 0.1) is 0 Å². The molecular weight excluding hydrogens is 156 g/mol. The van der Waals surface area contributed by atoms with Crippen molar-refractivity contribution in [3.63, 3.8) is 0 Å². The Hall–Kier alpha value is -1.30. The summed E-state index contributed by atoms with van der Waals surface area (Å²) in [5, 5.41) is 0. The molecule has 0 heterocycles. The maximum atomic E-state index is 2.31. The van der Waals surface area contributed by atoms with Crippen molar-refractivity contribution in [1.82, 2.24) is 0 Å². The van der Waals surface area contributed by atoms with Gasteiger partial charge in [-0.1, -0.05) is 36.4 Å². The molecule has 0 bridgehead atoms. The van der Waals surface area contributed by atoms with Gasteiger partial charge in [0, 0.05) is 5.92 Å². The third-order valence-electron chi connectivity index (χ3n) is 3.16. The molecule has 2 aliphatic rings. The number of allylic oxidation sites excluding steroid dienone is 4. The van der Waals surface area contributed by atoms with Crippen LogP contribution < -0.4 is 0 Å². The van der Waals surface area contributed by atoms with Gasteiger partial charge in [-0.15, -0.1) is 0 Å². The molecule has 13 heavy (non-hydrogen) atoms. The second-order valence-corrected chi connectivity index (χ2v) is 3.92. The first kappa shape index (κ1) is 7.14. The van der Waals surface area contributed by atoms with Gasteiger partial charge in [-0.2, -0.15) is 0 Å². The van der Waals surface area contributed by atoms with Crippen LogP contribution in [0.5, 0.6) is 0 Å². The third-order valence-corrected chi connectivity index (χ3v) is 3.16. The first-order valence-corrected chi connectivity index (χ1v) is 4.83. The topological polar surface area (TPSA) is 0 Å². The molecule has 0 amide bonds. The molecule has 1 aromatic carbocycles. The van der Waals surface area contributed by atoms with Gasteiger partial charge in [0.25, 0.3) is 0 Å². The molecule has 0 spiro atoms. The Balaban J connectivity index is 2.24. The van der Waals surface area contributed by atoms with E-state index < -0.39 is 0 Å². The summed E-state index contributed by atoms with van der Waals surface area (Å²) < 4.78 is 0. The lowest BCUT2D eigenvalue weighted by Crippen LogP contribution is -1.90. The van der Waals surface area contributed by atoms with E-state index in [1.54, 1.807) is 5.56 Å². The summed E-state index contributed by atoms with van der Waals surface area (Å²) in [6.07, 6.45) is 7.97. The van der Waals surface area contributed by atoms with Crippen LogP contribution >= 0.6 is 0 Å². The summed E-state index contributed by atoms with van der Waals surface area (Å²) in [5.74, 6) is 0.677. The second kappa shape index (κ2) is 2.35. The molecule has 0 saturated carbocycles. The minimum atomic E-state index is 0.677. The van der Waals surface area contributed by atoms with E-state index in [2.05, 4.69) is 43.4 Å². The summed E-state index contributed by atoms with van der Waals surface area (Å²) in [5.41, 5.74) is 6.01. The van der Waals surface area contributed by atoms with Crippen molar-refractivity contribution >= 4 is 5.57 Å². The predicted molar refractivity (Wildman–Crippen MR) is 55.5 cm³/mol. The molecule has 1 unspecified atom stereocenters. The zero-order chi connectivity index (χ0) is 8.84. The lowest BCUT2D eigenvalue weighted by molar-refractivity contribution is 0.874. The van der Waals surface area contributed by atoms with E-state index >= 15 is 0 Å². The molecule has 0 heteroatoms. The van der Waals surface area contributed by atoms with Crippen LogP contribution in [0.25, 0.3) is 5.57 Å². The smallest absolute Gasteiger partial charge is 0.00678 e. The summed E-state index contributed by atoms with van der Waals surface area (Å²) in [6, 6.07) is 6.63. The zero-order valence-electron chi connectivity index (χ0n) is 7.75. The van der Waals surface area contributed by atoms with Crippen molar-refractivity contribution in [3.8, 4) is 0 Å². The zero-order valence-corrected chi connectivity index (χ0v) is 7.75. The number of hydrogen-bond donors (Lipinski definition) is 0. The van der Waals surface area contributed by atoms with Gasteiger partial charge < -0.3 is 0 Å². The largest absolute Gasteiger partial charge is 0.0766 e. The summed E-state index contributed by atoms with van der Waals surface area (Å²) >= 11 is 0. The molecule has 0 aromatic heterocycles. The van der Waals surface area contributed by atoms with Gasteiger partial charge in [0.2, 0.25) is 0 Å². The fourth-order valence-electron chi connectivity index (χ4n) is 2.45. The molecule has 64 valence electrons. The number of fused-ring (bicyclic) bond motifs is 3. The van der Waals surface area contributed by atoms with Gasteiger partial charge >= 0.3 is 0 Å². The minimum absolute atomic E-state index is 0.677. The number of benzene rings is 1. The molecule has 0 N–H and O–H groups in total. The first-order valence-electron chi connectivity index (χ1n) is 4.83. The molecule has 0 radical (unpaired) electrons. The third kappa shape index (κ3) is 0.859. The highest BCUT2D eigenvalue weighted by atomic mass is 14.3. The quantitative estimate of drug-likeness (QED) is 0.558. The Bertz CT molecular complexity index is 422. The van der Waals surface area contributed by atoms with E-state index in [9.17, 15) is 0 Å². The standard InChI is InChI=1S/C13H12/c1-9-4-2-7-12-11-6-3-5-10(11)8-13(9)12/h2-7,10H,8H2,1H3. The Morgan fingerprint density at radius 2 is 2.23 bits per heavy atom. The van der Waals surface area contributed by atoms with Crippen LogP contribution in [0.3, 0.4) is 0 Å². The van der Waals surface area contributed by atoms with Crippen LogP contribution in [0.4, 0.5) is 0 Å². The molecule has 0 nitrogen and oxygen atoms in total. The van der Waals surface area contributed by atoms with Gasteiger partial charge in [0.15, 0.2) is 0 Å². The molecule has 0 fully saturated rings. The molecule has 0 aliphatic heterocycles. The average Bonchev–Trinajstić information content (AvgIpc) is 2.65. The molecule has 3 rings (SSSR count). The fourth-order valence-corrected chi connectivity index (χ4v) is 2.45. The summed E-state index contributed by atoms with van der Waals surface area (Å²) in [6.45, 7) is 2.21. The van der Waals surface area contributed by atoms with Crippen molar-refractivity contribution in [2.45, 2.75) is 13.3 Å². The van der Waals surface area contributed by atoms with E-state index in [-0.39, 0.29) is 0 Å². The lowest BCUT2D eigenvalue weighted by atomic mass is 10.0. The number of aryl methyl sites for hydroxylation is 1. The van der Waals surface area contributed by atoms with Crippen molar-refractivity contribution in [3.05, 3.63) is 53.1 Å².